The van der Waals surface area contributed by atoms with E-state index in [4.69, 9.17) is 16.3 Å². The second-order valence-corrected chi connectivity index (χ2v) is 10.3. The van der Waals surface area contributed by atoms with Gasteiger partial charge in [-0.05, 0) is 93.6 Å². The van der Waals surface area contributed by atoms with Crippen molar-refractivity contribution in [3.8, 4) is 5.75 Å². The van der Waals surface area contributed by atoms with Crippen LogP contribution >= 0.6 is 56.8 Å². The molecule has 0 bridgehead atoms. The van der Waals surface area contributed by atoms with Crippen LogP contribution in [0.15, 0.2) is 47.1 Å². The van der Waals surface area contributed by atoms with E-state index in [2.05, 4.69) is 50.3 Å². The minimum absolute atomic E-state index is 0.0373. The molecule has 4 nitrogen and oxygen atoms in total. The molecule has 1 amide bonds. The lowest BCUT2D eigenvalue weighted by atomic mass is 10.1. The van der Waals surface area contributed by atoms with Crippen molar-refractivity contribution in [1.82, 2.24) is 0 Å². The first-order valence-corrected chi connectivity index (χ1v) is 12.5. The Hall–Kier alpha value is -2.26. The molecular formula is C24H12ClF5I2N2O2. The Morgan fingerprint density at radius 1 is 0.972 bits per heavy atom. The molecule has 0 saturated carbocycles. The molecule has 0 radical (unpaired) electrons. The molecule has 3 aromatic rings. The number of anilines is 1. The zero-order valence-corrected chi connectivity index (χ0v) is 23.1. The van der Waals surface area contributed by atoms with E-state index in [0.717, 1.165) is 5.56 Å². The fourth-order valence-corrected chi connectivity index (χ4v) is 5.71. The third-order valence-electron chi connectivity index (χ3n) is 5.06. The number of hydrogen-bond acceptors (Lipinski definition) is 3. The Bertz CT molecular complexity index is 1430. The van der Waals surface area contributed by atoms with Gasteiger partial charge in [-0.25, -0.2) is 22.0 Å². The maximum Gasteiger partial charge on any atom is 0.280 e. The second-order valence-electron chi connectivity index (χ2n) is 7.51. The number of ether oxygens (including phenoxy) is 1. The quantitative estimate of drug-likeness (QED) is 0.0888. The fraction of sp³-hybridized carbons (Fsp3) is 0.0833. The number of hydrazone groups is 1. The summed E-state index contributed by atoms with van der Waals surface area (Å²) in [4.78, 5) is 12.9. The first-order valence-electron chi connectivity index (χ1n) is 9.99. The summed E-state index contributed by atoms with van der Waals surface area (Å²) in [5.41, 5.74) is -0.0607. The summed E-state index contributed by atoms with van der Waals surface area (Å²) in [5.74, 6) is -11.4. The van der Waals surface area contributed by atoms with E-state index in [1.165, 1.54) is 13.0 Å². The van der Waals surface area contributed by atoms with Gasteiger partial charge in [0.25, 0.3) is 5.91 Å². The highest BCUT2D eigenvalue weighted by atomic mass is 127. The smallest absolute Gasteiger partial charge is 0.280 e. The van der Waals surface area contributed by atoms with E-state index >= 15 is 0 Å². The highest BCUT2D eigenvalue weighted by Gasteiger charge is 2.37. The van der Waals surface area contributed by atoms with Crippen molar-refractivity contribution in [1.29, 1.82) is 0 Å². The molecule has 0 saturated heterocycles. The first-order chi connectivity index (χ1) is 17.0. The van der Waals surface area contributed by atoms with E-state index in [1.807, 2.05) is 12.1 Å². The molecule has 0 fully saturated rings. The molecule has 0 atom stereocenters. The average molecular weight is 745 g/mol. The van der Waals surface area contributed by atoms with Gasteiger partial charge < -0.3 is 4.74 Å². The normalized spacial score (nSPS) is 14.6. The first kappa shape index (κ1) is 26.8. The van der Waals surface area contributed by atoms with Crippen LogP contribution in [0.2, 0.25) is 5.02 Å². The topological polar surface area (TPSA) is 41.9 Å². The number of rotatable bonds is 5. The SMILES string of the molecule is CC1=NN(c2c(F)c(F)c(F)c(F)c2F)C(=O)/C1=C\c1cc(I)c(OCc2cccc(Cl)c2)c(I)c1. The van der Waals surface area contributed by atoms with Crippen LogP contribution < -0.4 is 9.75 Å². The van der Waals surface area contributed by atoms with E-state index < -0.39 is 40.7 Å². The monoisotopic (exact) mass is 744 g/mol. The average Bonchev–Trinajstić information content (AvgIpc) is 3.09. The Morgan fingerprint density at radius 2 is 1.56 bits per heavy atom. The molecule has 3 aromatic carbocycles. The Kier molecular flexibility index (Phi) is 7.90. The van der Waals surface area contributed by atoms with Gasteiger partial charge in [0.05, 0.1) is 18.4 Å². The van der Waals surface area contributed by atoms with Gasteiger partial charge in [-0.15, -0.1) is 0 Å². The van der Waals surface area contributed by atoms with Gasteiger partial charge >= 0.3 is 0 Å². The van der Waals surface area contributed by atoms with Crippen LogP contribution in [0.25, 0.3) is 6.08 Å². The highest BCUT2D eigenvalue weighted by Crippen LogP contribution is 2.35. The standard InChI is InChI=1S/C24H12ClF5I2N2O2/c1-10-14(24(35)34(33-10)22-20(29)18(27)17(26)19(28)21(22)30)6-12-7-15(31)23(16(32)8-12)36-9-11-3-2-4-13(25)5-11/h2-8H,9H2,1H3/b14-6-. The molecule has 36 heavy (non-hydrogen) atoms. The van der Waals surface area contributed by atoms with Crippen LogP contribution in [0.3, 0.4) is 0 Å². The summed E-state index contributed by atoms with van der Waals surface area (Å²) in [7, 11) is 0. The minimum atomic E-state index is -2.32. The predicted octanol–water partition coefficient (Wildman–Crippen LogP) is 7.63. The third-order valence-corrected chi connectivity index (χ3v) is 6.90. The number of amides is 1. The minimum Gasteiger partial charge on any atom is -0.487 e. The maximum absolute atomic E-state index is 14.2. The molecule has 0 N–H and O–H groups in total. The van der Waals surface area contributed by atoms with E-state index in [9.17, 15) is 26.7 Å². The number of carbonyl (C=O) groups excluding carboxylic acids is 1. The molecule has 1 heterocycles. The van der Waals surface area contributed by atoms with E-state index in [1.54, 1.807) is 24.3 Å². The van der Waals surface area contributed by atoms with Gasteiger partial charge in [0, 0.05) is 5.02 Å². The molecule has 1 aliphatic heterocycles. The van der Waals surface area contributed by atoms with Crippen molar-refractivity contribution in [3.05, 3.63) is 94.3 Å². The molecule has 1 aliphatic rings. The number of benzene rings is 3. The number of nitrogens with zero attached hydrogens (tertiary/aromatic N) is 2. The van der Waals surface area contributed by atoms with Gasteiger partial charge in [0.15, 0.2) is 23.3 Å². The van der Waals surface area contributed by atoms with Crippen molar-refractivity contribution in [2.45, 2.75) is 13.5 Å². The van der Waals surface area contributed by atoms with Crippen molar-refractivity contribution in [2.24, 2.45) is 5.10 Å². The summed E-state index contributed by atoms with van der Waals surface area (Å²) >= 11 is 10.1. The second kappa shape index (κ2) is 10.6. The molecule has 0 unspecified atom stereocenters. The predicted molar refractivity (Wildman–Crippen MR) is 142 cm³/mol. The number of halogens is 8. The van der Waals surface area contributed by atoms with Crippen LogP contribution in [0, 0.1) is 36.2 Å². The van der Waals surface area contributed by atoms with Crippen LogP contribution in [0.4, 0.5) is 27.6 Å². The largest absolute Gasteiger partial charge is 0.487 e. The van der Waals surface area contributed by atoms with Gasteiger partial charge in [-0.1, -0.05) is 23.7 Å². The molecule has 0 spiro atoms. The zero-order chi connectivity index (χ0) is 26.3. The van der Waals surface area contributed by atoms with Crippen molar-refractivity contribution >= 4 is 80.2 Å². The molecular weight excluding hydrogens is 733 g/mol. The van der Waals surface area contributed by atoms with Gasteiger partial charge in [0.1, 0.15) is 18.0 Å². The third kappa shape index (κ3) is 5.09. The molecule has 0 aromatic heterocycles. The summed E-state index contributed by atoms with van der Waals surface area (Å²) < 4.78 is 76.6. The van der Waals surface area contributed by atoms with Crippen molar-refractivity contribution in [2.75, 3.05) is 5.01 Å². The van der Waals surface area contributed by atoms with Crippen LogP contribution in [-0.4, -0.2) is 11.6 Å². The molecule has 12 heteroatoms. The summed E-state index contributed by atoms with van der Waals surface area (Å²) in [6, 6.07) is 10.6. The van der Waals surface area contributed by atoms with Crippen molar-refractivity contribution in [3.63, 3.8) is 0 Å². The highest BCUT2D eigenvalue weighted by molar-refractivity contribution is 14.1. The van der Waals surface area contributed by atoms with Crippen molar-refractivity contribution < 1.29 is 31.5 Å². The number of carbonyl (C=O) groups is 1. The lowest BCUT2D eigenvalue weighted by Crippen LogP contribution is -2.25. The van der Waals surface area contributed by atoms with Gasteiger partial charge in [-0.3, -0.25) is 4.79 Å². The fourth-order valence-electron chi connectivity index (χ4n) is 3.36. The summed E-state index contributed by atoms with van der Waals surface area (Å²) in [5, 5.41) is 4.50. The van der Waals surface area contributed by atoms with Gasteiger partial charge in [-0.2, -0.15) is 10.1 Å². The summed E-state index contributed by atoms with van der Waals surface area (Å²) in [6.07, 6.45) is 1.41. The lowest BCUT2D eigenvalue weighted by molar-refractivity contribution is -0.114. The summed E-state index contributed by atoms with van der Waals surface area (Å²) in [6.45, 7) is 1.66. The molecule has 0 aliphatic carbocycles. The van der Waals surface area contributed by atoms with E-state index in [0.29, 0.717) is 23.5 Å². The number of hydrogen-bond donors (Lipinski definition) is 0. The van der Waals surface area contributed by atoms with Crippen LogP contribution in [-0.2, 0) is 11.4 Å². The molecule has 186 valence electrons. The van der Waals surface area contributed by atoms with Crippen LogP contribution in [0.1, 0.15) is 18.1 Å². The Morgan fingerprint density at radius 3 is 2.14 bits per heavy atom. The lowest BCUT2D eigenvalue weighted by Gasteiger charge is -2.15. The Labute approximate surface area is 234 Å². The Balaban J connectivity index is 1.63. The zero-order valence-electron chi connectivity index (χ0n) is 18.0. The maximum atomic E-state index is 14.2. The molecule has 4 rings (SSSR count). The van der Waals surface area contributed by atoms with E-state index in [-0.39, 0.29) is 22.9 Å². The van der Waals surface area contributed by atoms with Gasteiger partial charge in [0.2, 0.25) is 5.82 Å². The van der Waals surface area contributed by atoms with Crippen LogP contribution in [0.5, 0.6) is 5.75 Å².